The van der Waals surface area contributed by atoms with E-state index in [1.165, 1.54) is 0 Å². The summed E-state index contributed by atoms with van der Waals surface area (Å²) in [6, 6.07) is 0. The van der Waals surface area contributed by atoms with Crippen LogP contribution in [0.3, 0.4) is 0 Å². The highest BCUT2D eigenvalue weighted by Crippen LogP contribution is 1.88. The molecule has 0 aliphatic heterocycles. The number of carbonyl (C=O) groups excluding carboxylic acids is 1. The topological polar surface area (TPSA) is 62.1 Å². The molecule has 1 amide bonds. The van der Waals surface area contributed by atoms with E-state index in [9.17, 15) is 4.79 Å². The minimum Gasteiger partial charge on any atom is -0.353 e. The molecule has 0 bridgehead atoms. The maximum absolute atomic E-state index is 10.8. The lowest BCUT2D eigenvalue weighted by Gasteiger charge is -2.05. The van der Waals surface area contributed by atoms with Gasteiger partial charge >= 0.3 is 0 Å². The Hall–Kier alpha value is -0.610. The van der Waals surface area contributed by atoms with Crippen LogP contribution in [0.2, 0.25) is 0 Å². The molecule has 4 heteroatoms. The third-order valence-corrected chi connectivity index (χ3v) is 1.03. The molecular weight excluding hydrogens is 132 g/mol. The van der Waals surface area contributed by atoms with Crippen molar-refractivity contribution in [1.82, 2.24) is 11.2 Å². The highest BCUT2D eigenvalue weighted by Gasteiger charge is 2.03. The predicted molar refractivity (Wildman–Crippen MR) is 36.9 cm³/mol. The number of amides is 1. The summed E-state index contributed by atoms with van der Waals surface area (Å²) in [5.41, 5.74) is 0. The van der Waals surface area contributed by atoms with Crippen molar-refractivity contribution >= 4 is 5.91 Å². The average molecular weight is 145 g/mol. The molecule has 0 aliphatic rings. The number of hydrogen-bond donors (Lipinski definition) is 1. The van der Waals surface area contributed by atoms with Crippen LogP contribution in [0.25, 0.3) is 0 Å². The van der Waals surface area contributed by atoms with Gasteiger partial charge in [-0.25, -0.2) is 0 Å². The normalized spacial score (nSPS) is 10.0. The van der Waals surface area contributed by atoms with Crippen LogP contribution in [-0.4, -0.2) is 19.1 Å². The lowest BCUT2D eigenvalue weighted by atomic mass is 10.2. The summed E-state index contributed by atoms with van der Waals surface area (Å²) in [5, 5.41) is 2.60. The van der Waals surface area contributed by atoms with Gasteiger partial charge in [-0.2, -0.15) is 0 Å². The third-order valence-electron chi connectivity index (χ3n) is 1.03. The fraction of sp³-hybridized carbons (Fsp3) is 0.833. The first-order chi connectivity index (χ1) is 4.68. The maximum Gasteiger partial charge on any atom is 0.222 e. The van der Waals surface area contributed by atoms with Crippen LogP contribution in [0.4, 0.5) is 0 Å². The second-order valence-corrected chi connectivity index (χ2v) is 2.29. The lowest BCUT2D eigenvalue weighted by molar-refractivity contribution is -0.124. The quantitative estimate of drug-likeness (QED) is 0.446. The summed E-state index contributed by atoms with van der Waals surface area (Å²) in [6.07, 6.45) is 0. The Kier molecular flexibility index (Phi) is 4.88. The fourth-order valence-electron chi connectivity index (χ4n) is 0.429. The Bertz CT molecular complexity index is 104. The van der Waals surface area contributed by atoms with Crippen LogP contribution in [0, 0.1) is 5.92 Å². The van der Waals surface area contributed by atoms with Crippen molar-refractivity contribution in [2.45, 2.75) is 13.8 Å². The fourth-order valence-corrected chi connectivity index (χ4v) is 0.429. The van der Waals surface area contributed by atoms with Gasteiger partial charge in [0.05, 0.1) is 6.61 Å². The van der Waals surface area contributed by atoms with Crippen LogP contribution < -0.4 is 11.2 Å². The minimum absolute atomic E-state index is 0.00273. The second kappa shape index (κ2) is 5.20. The molecule has 10 heavy (non-hydrogen) atoms. The van der Waals surface area contributed by atoms with Gasteiger partial charge in [-0.15, -0.1) is 5.90 Å². The molecule has 0 aromatic heterocycles. The van der Waals surface area contributed by atoms with Gasteiger partial charge in [0.15, 0.2) is 0 Å². The largest absolute Gasteiger partial charge is 0.353 e. The monoisotopic (exact) mass is 145 g/mol. The number of rotatable bonds is 4. The third kappa shape index (κ3) is 4.29. The van der Waals surface area contributed by atoms with Crippen molar-refractivity contribution in [3.05, 3.63) is 0 Å². The van der Waals surface area contributed by atoms with Gasteiger partial charge in [0, 0.05) is 12.5 Å². The number of nitrogens with one attached hydrogen (secondary N) is 2. The van der Waals surface area contributed by atoms with Gasteiger partial charge in [0.1, 0.15) is 0 Å². The van der Waals surface area contributed by atoms with Crippen LogP contribution in [-0.2, 0) is 9.63 Å². The van der Waals surface area contributed by atoms with Crippen molar-refractivity contribution in [3.63, 3.8) is 0 Å². The molecular formula is C6H13N2O2. The molecule has 0 aromatic carbocycles. The summed E-state index contributed by atoms with van der Waals surface area (Å²) in [6.45, 7) is 4.30. The zero-order valence-electron chi connectivity index (χ0n) is 6.31. The molecule has 0 unspecified atom stereocenters. The number of hydrogen-bond acceptors (Lipinski definition) is 2. The molecule has 0 atom stereocenters. The summed E-state index contributed by atoms with van der Waals surface area (Å²) in [7, 11) is 0. The van der Waals surface area contributed by atoms with Gasteiger partial charge in [-0.05, 0) is 0 Å². The molecule has 4 nitrogen and oxygen atoms in total. The maximum atomic E-state index is 10.8. The van der Waals surface area contributed by atoms with E-state index >= 15 is 0 Å². The molecule has 0 saturated carbocycles. The molecule has 2 N–H and O–H groups in total. The van der Waals surface area contributed by atoms with Crippen molar-refractivity contribution in [1.29, 1.82) is 0 Å². The van der Waals surface area contributed by atoms with Crippen molar-refractivity contribution in [3.8, 4) is 0 Å². The first kappa shape index (κ1) is 9.39. The first-order valence-electron chi connectivity index (χ1n) is 3.24. The Labute approximate surface area is 60.7 Å². The van der Waals surface area contributed by atoms with E-state index in [1.54, 1.807) is 0 Å². The molecule has 1 radical (unpaired) electrons. The average Bonchev–Trinajstić information content (AvgIpc) is 1.88. The van der Waals surface area contributed by atoms with Crippen LogP contribution >= 0.6 is 0 Å². The van der Waals surface area contributed by atoms with E-state index in [0.29, 0.717) is 6.54 Å². The molecule has 0 heterocycles. The Morgan fingerprint density at radius 1 is 1.70 bits per heavy atom. The predicted octanol–water partition coefficient (Wildman–Crippen LogP) is -0.0269. The van der Waals surface area contributed by atoms with Crippen LogP contribution in [0.15, 0.2) is 0 Å². The molecule has 0 aromatic rings. The van der Waals surface area contributed by atoms with E-state index in [-0.39, 0.29) is 18.4 Å². The van der Waals surface area contributed by atoms with Crippen molar-refractivity contribution < 1.29 is 9.63 Å². The molecule has 0 aliphatic carbocycles. The summed E-state index contributed by atoms with van der Waals surface area (Å²) in [4.78, 5) is 14.8. The van der Waals surface area contributed by atoms with Crippen molar-refractivity contribution in [2.75, 3.05) is 13.2 Å². The Morgan fingerprint density at radius 3 is 2.70 bits per heavy atom. The number of carbonyl (C=O) groups is 1. The van der Waals surface area contributed by atoms with E-state index in [2.05, 4.69) is 10.2 Å². The van der Waals surface area contributed by atoms with Gasteiger partial charge in [0.2, 0.25) is 5.91 Å². The molecule has 0 fully saturated rings. The SMILES string of the molecule is CC(C)C(=O)NCCO[NH]. The molecule has 0 rings (SSSR count). The van der Waals surface area contributed by atoms with E-state index in [1.807, 2.05) is 13.8 Å². The smallest absolute Gasteiger partial charge is 0.222 e. The molecule has 0 spiro atoms. The molecule has 59 valence electrons. The van der Waals surface area contributed by atoms with Gasteiger partial charge < -0.3 is 5.32 Å². The zero-order valence-corrected chi connectivity index (χ0v) is 6.31. The lowest BCUT2D eigenvalue weighted by Crippen LogP contribution is -2.30. The van der Waals surface area contributed by atoms with Gasteiger partial charge in [-0.3, -0.25) is 9.63 Å². The zero-order chi connectivity index (χ0) is 7.98. The van der Waals surface area contributed by atoms with Crippen molar-refractivity contribution in [2.24, 2.45) is 5.92 Å². The standard InChI is InChI=1S/C6H13N2O2/c1-5(2)6(9)8-3-4-10-7/h5,7H,3-4H2,1-2H3,(H,8,9). The van der Waals surface area contributed by atoms with E-state index in [4.69, 9.17) is 5.90 Å². The highest BCUT2D eigenvalue weighted by atomic mass is 16.6. The Morgan fingerprint density at radius 2 is 2.30 bits per heavy atom. The van der Waals surface area contributed by atoms with Crippen LogP contribution in [0.5, 0.6) is 0 Å². The van der Waals surface area contributed by atoms with Gasteiger partial charge in [0.25, 0.3) is 0 Å². The summed E-state index contributed by atoms with van der Waals surface area (Å²) < 4.78 is 0. The van der Waals surface area contributed by atoms with Gasteiger partial charge in [-0.1, -0.05) is 13.8 Å². The molecule has 0 saturated heterocycles. The van der Waals surface area contributed by atoms with E-state index in [0.717, 1.165) is 0 Å². The Balaban J connectivity index is 3.22. The minimum atomic E-state index is -0.00273. The van der Waals surface area contributed by atoms with E-state index < -0.39 is 0 Å². The van der Waals surface area contributed by atoms with Crippen LogP contribution in [0.1, 0.15) is 13.8 Å². The summed E-state index contributed by atoms with van der Waals surface area (Å²) in [5.74, 6) is 6.31. The first-order valence-corrected chi connectivity index (χ1v) is 3.24. The highest BCUT2D eigenvalue weighted by molar-refractivity contribution is 5.77. The summed E-state index contributed by atoms with van der Waals surface area (Å²) >= 11 is 0. The second-order valence-electron chi connectivity index (χ2n) is 2.29.